The van der Waals surface area contributed by atoms with E-state index >= 15 is 0 Å². The van der Waals surface area contributed by atoms with Crippen LogP contribution in [0.5, 0.6) is 23.0 Å². The molecule has 96 heavy (non-hydrogen) atoms. The molecule has 2 aromatic carbocycles. The molecule has 2 saturated heterocycles. The Balaban J connectivity index is 0.746. The number of hydrogen-bond acceptors (Lipinski definition) is 13. The van der Waals surface area contributed by atoms with Gasteiger partial charge in [-0.2, -0.15) is 11.8 Å². The molecule has 0 amide bonds. The second-order valence-electron chi connectivity index (χ2n) is 31.9. The monoisotopic (exact) mass is 1350 g/mol. The average Bonchev–Trinajstić information content (AvgIpc) is 0.774. The Morgan fingerprint density at radius 3 is 1.36 bits per heavy atom. The lowest BCUT2D eigenvalue weighted by Crippen LogP contribution is -2.37. The summed E-state index contributed by atoms with van der Waals surface area (Å²) in [6.45, 7) is 39.6. The van der Waals surface area contributed by atoms with Crippen LogP contribution in [-0.2, 0) is 41.5 Å². The van der Waals surface area contributed by atoms with Gasteiger partial charge in [0.05, 0.1) is 25.7 Å². The fourth-order valence-corrected chi connectivity index (χ4v) is 16.5. The van der Waals surface area contributed by atoms with Crippen molar-refractivity contribution in [3.05, 3.63) is 56.3 Å². The molecular formula is C83H136N2O10S. The number of hydrogen-bond donors (Lipinski definition) is 0. The molecular weight excluding hydrogens is 1220 g/mol. The van der Waals surface area contributed by atoms with Crippen LogP contribution >= 0.6 is 11.8 Å². The lowest BCUT2D eigenvalue weighted by atomic mass is 9.83. The van der Waals surface area contributed by atoms with Crippen molar-refractivity contribution in [2.24, 2.45) is 47.3 Å². The minimum atomic E-state index is -0.417. The van der Waals surface area contributed by atoms with Crippen LogP contribution in [0, 0.1) is 88.9 Å². The molecule has 0 bridgehead atoms. The van der Waals surface area contributed by atoms with Crippen LogP contribution in [0.3, 0.4) is 0 Å². The maximum Gasteiger partial charge on any atom is 0.311 e. The Morgan fingerprint density at radius 1 is 0.500 bits per heavy atom. The number of rotatable bonds is 43. The molecule has 12 nitrogen and oxygen atoms in total. The highest BCUT2D eigenvalue weighted by Gasteiger charge is 2.35. The van der Waals surface area contributed by atoms with Gasteiger partial charge in [0.2, 0.25) is 0 Å². The van der Waals surface area contributed by atoms with Gasteiger partial charge in [0.25, 0.3) is 0 Å². The lowest BCUT2D eigenvalue weighted by Gasteiger charge is -2.38. The van der Waals surface area contributed by atoms with Crippen LogP contribution in [0.25, 0.3) is 0 Å². The lowest BCUT2D eigenvalue weighted by molar-refractivity contribution is -0.147. The number of likely N-dealkylation sites (tertiary alicyclic amines) is 2. The SMILES string of the molecule is Cc1c(C)c2c(c(C)c1OC(=O)CCC(=O)OCCN1CCC(CCSCCC3CCN(CCOC(=O)CCC(=O)Oc4c(C)c(C)c5c(c4C)CC[C@@](C)(CCC[C@H](C)CCC[C@H](C)CCCC(C)C)O5)CC3)CC1)CC/C(=C\CC[C@H](C)CCC[C@H](C)CCCC(C)C)O2. The summed E-state index contributed by atoms with van der Waals surface area (Å²) >= 11 is 2.10. The summed E-state index contributed by atoms with van der Waals surface area (Å²) < 4.78 is 36.6. The predicted molar refractivity (Wildman–Crippen MR) is 397 cm³/mol. The van der Waals surface area contributed by atoms with Crippen LogP contribution in [-0.4, -0.2) is 103 Å². The molecule has 0 aromatic heterocycles. The summed E-state index contributed by atoms with van der Waals surface area (Å²) in [6.07, 6.45) is 34.7. The van der Waals surface area contributed by atoms with Gasteiger partial charge < -0.3 is 28.4 Å². The zero-order valence-corrected chi connectivity index (χ0v) is 64.4. The van der Waals surface area contributed by atoms with Crippen LogP contribution in [0.15, 0.2) is 11.8 Å². The van der Waals surface area contributed by atoms with Gasteiger partial charge in [-0.1, -0.05) is 139 Å². The van der Waals surface area contributed by atoms with Crippen molar-refractivity contribution in [2.45, 2.75) is 309 Å². The largest absolute Gasteiger partial charge is 0.487 e. The van der Waals surface area contributed by atoms with Gasteiger partial charge in [0, 0.05) is 30.6 Å². The van der Waals surface area contributed by atoms with E-state index in [0.29, 0.717) is 37.2 Å². The van der Waals surface area contributed by atoms with E-state index in [2.05, 4.69) is 96.9 Å². The Bertz CT molecular complexity index is 2740. The number of piperidine rings is 2. The van der Waals surface area contributed by atoms with Gasteiger partial charge in [-0.05, 0) is 256 Å². The van der Waals surface area contributed by atoms with Crippen molar-refractivity contribution in [3.63, 3.8) is 0 Å². The maximum atomic E-state index is 13.2. The molecule has 0 radical (unpaired) electrons. The minimum absolute atomic E-state index is 0.00220. The molecule has 2 fully saturated rings. The van der Waals surface area contributed by atoms with E-state index in [4.69, 9.17) is 28.4 Å². The smallest absolute Gasteiger partial charge is 0.311 e. The second kappa shape index (κ2) is 42.3. The highest BCUT2D eigenvalue weighted by molar-refractivity contribution is 7.99. The fraction of sp³-hybridized carbons (Fsp3) is 0.783. The van der Waals surface area contributed by atoms with Gasteiger partial charge in [0.1, 0.15) is 47.6 Å². The number of carbonyl (C=O) groups is 4. The predicted octanol–water partition coefficient (Wildman–Crippen LogP) is 20.4. The number of allylic oxidation sites excluding steroid dienone is 2. The highest BCUT2D eigenvalue weighted by atomic mass is 32.2. The summed E-state index contributed by atoms with van der Waals surface area (Å²) in [5.41, 5.74) is 7.80. The van der Waals surface area contributed by atoms with Crippen molar-refractivity contribution in [1.82, 2.24) is 9.80 Å². The van der Waals surface area contributed by atoms with Crippen LogP contribution in [0.1, 0.15) is 293 Å². The molecule has 0 saturated carbocycles. The third-order valence-corrected chi connectivity index (χ3v) is 23.6. The molecule has 4 heterocycles. The standard InChI is InChI=1S/C83H136N2O10S/c1-58(2)22-16-24-60(5)26-18-28-62(7)30-20-32-72-33-34-73-68(13)79(64(9)66(11)81(73)92-72)93-77(88)37-35-75(86)90-54-52-84-48-40-70(41-49-84)44-56-96-57-45-71-42-50-85(51-43-71)53-55-91-76(87)36-38-78(89)94-80-65(10)67(12)82-74(69(80)14)39-47-83(15,95-82)46-21-31-63(8)29-19-27-61(6)25-17-23-59(3)4/h32,58-63,70-71H,16-31,33-57H2,1-15H3/b72-32+/t60-,61-,62-,63-,83-/m1/s1. The molecule has 2 aromatic rings. The van der Waals surface area contributed by atoms with Gasteiger partial charge in [-0.3, -0.25) is 29.0 Å². The molecule has 5 atom stereocenters. The van der Waals surface area contributed by atoms with Gasteiger partial charge >= 0.3 is 23.9 Å². The maximum absolute atomic E-state index is 13.2. The minimum Gasteiger partial charge on any atom is -0.487 e. The van der Waals surface area contributed by atoms with E-state index in [9.17, 15) is 19.2 Å². The number of ether oxygens (including phenoxy) is 6. The van der Waals surface area contributed by atoms with Crippen molar-refractivity contribution < 1.29 is 47.6 Å². The van der Waals surface area contributed by atoms with Gasteiger partial charge in [0.15, 0.2) is 0 Å². The van der Waals surface area contributed by atoms with Crippen LogP contribution in [0.2, 0.25) is 0 Å². The second-order valence-corrected chi connectivity index (χ2v) is 33.1. The first kappa shape index (κ1) is 80.9. The third kappa shape index (κ3) is 28.2. The summed E-state index contributed by atoms with van der Waals surface area (Å²) in [7, 11) is 0. The normalized spacial score (nSPS) is 18.9. The van der Waals surface area contributed by atoms with Crippen molar-refractivity contribution in [3.8, 4) is 23.0 Å². The number of fused-ring (bicyclic) bond motifs is 2. The molecule has 13 heteroatoms. The fourth-order valence-electron chi connectivity index (χ4n) is 15.3. The van der Waals surface area contributed by atoms with E-state index in [1.165, 1.54) is 146 Å². The van der Waals surface area contributed by atoms with Crippen LogP contribution < -0.4 is 18.9 Å². The summed E-state index contributed by atoms with van der Waals surface area (Å²) in [5, 5.41) is 0. The Hall–Kier alpha value is -4.07. The summed E-state index contributed by atoms with van der Waals surface area (Å²) in [6, 6.07) is 0. The van der Waals surface area contributed by atoms with E-state index in [1.54, 1.807) is 0 Å². The molecule has 6 rings (SSSR count). The van der Waals surface area contributed by atoms with E-state index < -0.39 is 11.9 Å². The van der Waals surface area contributed by atoms with Crippen molar-refractivity contribution >= 4 is 35.6 Å². The van der Waals surface area contributed by atoms with E-state index in [0.717, 1.165) is 174 Å². The molecule has 0 unspecified atom stereocenters. The topological polar surface area (TPSA) is 130 Å². The number of thioether (sulfide) groups is 1. The Morgan fingerprint density at radius 2 is 0.906 bits per heavy atom. The first-order valence-corrected chi connectivity index (χ1v) is 40.1. The van der Waals surface area contributed by atoms with E-state index in [1.807, 2.05) is 34.6 Å². The number of esters is 4. The molecule has 0 N–H and O–H groups in total. The summed E-state index contributed by atoms with van der Waals surface area (Å²) in [4.78, 5) is 56.6. The molecule has 544 valence electrons. The first-order valence-electron chi connectivity index (χ1n) is 38.9. The number of nitrogens with zero attached hydrogens (tertiary/aromatic N) is 2. The summed E-state index contributed by atoms with van der Waals surface area (Å²) in [5.74, 6) is 11.2. The number of carbonyl (C=O) groups excluding carboxylic acids is 4. The third-order valence-electron chi connectivity index (χ3n) is 22.5. The van der Waals surface area contributed by atoms with Crippen LogP contribution in [0.4, 0.5) is 0 Å². The quantitative estimate of drug-likeness (QED) is 0.0355. The molecule has 0 aliphatic carbocycles. The first-order chi connectivity index (χ1) is 45.9. The average molecular weight is 1350 g/mol. The van der Waals surface area contributed by atoms with Gasteiger partial charge in [-0.25, -0.2) is 0 Å². The molecule has 4 aliphatic heterocycles. The van der Waals surface area contributed by atoms with Gasteiger partial charge in [-0.15, -0.1) is 0 Å². The highest BCUT2D eigenvalue weighted by Crippen LogP contribution is 2.46. The van der Waals surface area contributed by atoms with Crippen molar-refractivity contribution in [2.75, 3.05) is 64.0 Å². The van der Waals surface area contributed by atoms with E-state index in [-0.39, 0.29) is 43.2 Å². The Kier molecular flexibility index (Phi) is 35.6. The molecule has 4 aliphatic rings. The number of benzene rings is 2. The zero-order chi connectivity index (χ0) is 69.7. The Labute approximate surface area is 589 Å². The molecule has 0 spiro atoms. The van der Waals surface area contributed by atoms with Crippen molar-refractivity contribution in [1.29, 1.82) is 0 Å². The zero-order valence-electron chi connectivity index (χ0n) is 63.6.